The molecule has 0 aliphatic heterocycles. The molecule has 0 aliphatic carbocycles. The summed E-state index contributed by atoms with van der Waals surface area (Å²) < 4.78 is 18.6. The molecule has 7 heteroatoms. The van der Waals surface area contributed by atoms with Crippen molar-refractivity contribution in [2.45, 2.75) is 13.2 Å². The second-order valence-corrected chi connectivity index (χ2v) is 6.14. The number of urea groups is 1. The number of rotatable bonds is 6. The average molecular weight is 386 g/mol. The first-order chi connectivity index (χ1) is 13.1. The monoisotopic (exact) mass is 385 g/mol. The van der Waals surface area contributed by atoms with E-state index in [0.717, 1.165) is 11.1 Å². The third-order valence-electron chi connectivity index (χ3n) is 3.68. The van der Waals surface area contributed by atoms with E-state index in [4.69, 9.17) is 16.3 Å². The van der Waals surface area contributed by atoms with Gasteiger partial charge in [-0.1, -0.05) is 29.8 Å². The predicted octanol–water partition coefficient (Wildman–Crippen LogP) is 4.77. The van der Waals surface area contributed by atoms with Crippen LogP contribution in [0.15, 0.2) is 67.0 Å². The summed E-state index contributed by atoms with van der Waals surface area (Å²) in [4.78, 5) is 15.9. The van der Waals surface area contributed by atoms with Crippen LogP contribution in [0.2, 0.25) is 5.02 Å². The summed E-state index contributed by atoms with van der Waals surface area (Å²) in [6.45, 7) is 0.670. The highest BCUT2D eigenvalue weighted by atomic mass is 35.5. The quantitative estimate of drug-likeness (QED) is 0.642. The van der Waals surface area contributed by atoms with E-state index in [-0.39, 0.29) is 17.7 Å². The van der Waals surface area contributed by atoms with Crippen molar-refractivity contribution >= 4 is 23.3 Å². The Morgan fingerprint density at radius 3 is 2.63 bits per heavy atom. The SMILES string of the molecule is O=C(NCc1cccnc1)Nc1ccc(COc2ccc(F)cc2Cl)cc1. The molecule has 0 radical (unpaired) electrons. The molecule has 0 saturated heterocycles. The third-order valence-corrected chi connectivity index (χ3v) is 3.97. The Balaban J connectivity index is 1.48. The van der Waals surface area contributed by atoms with Crippen LogP contribution < -0.4 is 15.4 Å². The van der Waals surface area contributed by atoms with Gasteiger partial charge in [-0.05, 0) is 47.5 Å². The van der Waals surface area contributed by atoms with Gasteiger partial charge in [-0.15, -0.1) is 0 Å². The first-order valence-electron chi connectivity index (χ1n) is 8.21. The predicted molar refractivity (Wildman–Crippen MR) is 102 cm³/mol. The maximum absolute atomic E-state index is 13.0. The molecule has 138 valence electrons. The zero-order chi connectivity index (χ0) is 19.1. The van der Waals surface area contributed by atoms with Crippen LogP contribution in [0.4, 0.5) is 14.9 Å². The molecule has 0 aliphatic rings. The van der Waals surface area contributed by atoms with Crippen molar-refractivity contribution in [1.29, 1.82) is 0 Å². The van der Waals surface area contributed by atoms with Gasteiger partial charge in [0, 0.05) is 24.6 Å². The average Bonchev–Trinajstić information content (AvgIpc) is 2.68. The van der Waals surface area contributed by atoms with E-state index in [1.54, 1.807) is 24.5 Å². The minimum atomic E-state index is -0.412. The van der Waals surface area contributed by atoms with Gasteiger partial charge in [0.1, 0.15) is 18.2 Å². The van der Waals surface area contributed by atoms with Crippen LogP contribution in [0.1, 0.15) is 11.1 Å². The molecule has 0 atom stereocenters. The van der Waals surface area contributed by atoms with Crippen LogP contribution in [0.25, 0.3) is 0 Å². The number of pyridine rings is 1. The van der Waals surface area contributed by atoms with Crippen LogP contribution in [0, 0.1) is 5.82 Å². The molecule has 2 amide bonds. The van der Waals surface area contributed by atoms with E-state index in [1.807, 2.05) is 24.3 Å². The Morgan fingerprint density at radius 1 is 1.11 bits per heavy atom. The number of halogens is 2. The summed E-state index contributed by atoms with van der Waals surface area (Å²) >= 11 is 5.93. The zero-order valence-corrected chi connectivity index (χ0v) is 15.0. The number of hydrogen-bond acceptors (Lipinski definition) is 3. The smallest absolute Gasteiger partial charge is 0.319 e. The normalized spacial score (nSPS) is 10.3. The molecule has 27 heavy (non-hydrogen) atoms. The van der Waals surface area contributed by atoms with E-state index in [2.05, 4.69) is 15.6 Å². The number of carbonyl (C=O) groups excluding carboxylic acids is 1. The van der Waals surface area contributed by atoms with E-state index >= 15 is 0 Å². The molecule has 1 heterocycles. The van der Waals surface area contributed by atoms with Crippen LogP contribution in [-0.4, -0.2) is 11.0 Å². The highest BCUT2D eigenvalue weighted by Crippen LogP contribution is 2.25. The van der Waals surface area contributed by atoms with E-state index < -0.39 is 5.82 Å². The summed E-state index contributed by atoms with van der Waals surface area (Å²) in [6, 6.07) is 14.6. The minimum absolute atomic E-state index is 0.221. The summed E-state index contributed by atoms with van der Waals surface area (Å²) in [6.07, 6.45) is 3.38. The molecule has 5 nitrogen and oxygen atoms in total. The van der Waals surface area contributed by atoms with Crippen LogP contribution in [-0.2, 0) is 13.2 Å². The second-order valence-electron chi connectivity index (χ2n) is 5.73. The topological polar surface area (TPSA) is 63.2 Å². The Hall–Kier alpha value is -3.12. The van der Waals surface area contributed by atoms with Gasteiger partial charge in [-0.2, -0.15) is 0 Å². The largest absolute Gasteiger partial charge is 0.487 e. The number of amides is 2. The number of anilines is 1. The van der Waals surface area contributed by atoms with Gasteiger partial charge in [-0.25, -0.2) is 9.18 Å². The van der Waals surface area contributed by atoms with Crippen LogP contribution in [0.3, 0.4) is 0 Å². The fraction of sp³-hybridized carbons (Fsp3) is 0.100. The molecule has 1 aromatic heterocycles. The number of carbonyl (C=O) groups is 1. The lowest BCUT2D eigenvalue weighted by molar-refractivity contribution is 0.251. The lowest BCUT2D eigenvalue weighted by atomic mass is 10.2. The van der Waals surface area contributed by atoms with E-state index in [1.165, 1.54) is 18.2 Å². The maximum atomic E-state index is 13.0. The van der Waals surface area contributed by atoms with Gasteiger partial charge in [0.05, 0.1) is 5.02 Å². The number of hydrogen-bond donors (Lipinski definition) is 2. The van der Waals surface area contributed by atoms with Crippen molar-refractivity contribution in [3.05, 3.63) is 89.0 Å². The molecule has 3 aromatic rings. The number of aromatic nitrogens is 1. The van der Waals surface area contributed by atoms with E-state index in [0.29, 0.717) is 18.0 Å². The van der Waals surface area contributed by atoms with Gasteiger partial charge in [0.25, 0.3) is 0 Å². The molecule has 3 rings (SSSR count). The Morgan fingerprint density at radius 2 is 1.93 bits per heavy atom. The van der Waals surface area contributed by atoms with Crippen LogP contribution in [0.5, 0.6) is 5.75 Å². The lowest BCUT2D eigenvalue weighted by Crippen LogP contribution is -2.28. The molecule has 0 fully saturated rings. The maximum Gasteiger partial charge on any atom is 0.319 e. The fourth-order valence-electron chi connectivity index (χ4n) is 2.30. The highest BCUT2D eigenvalue weighted by molar-refractivity contribution is 6.32. The molecule has 2 aromatic carbocycles. The lowest BCUT2D eigenvalue weighted by Gasteiger charge is -2.10. The summed E-state index contributed by atoms with van der Waals surface area (Å²) in [5.41, 5.74) is 2.46. The van der Waals surface area contributed by atoms with Gasteiger partial charge < -0.3 is 15.4 Å². The van der Waals surface area contributed by atoms with Crippen molar-refractivity contribution in [2.75, 3.05) is 5.32 Å². The number of benzene rings is 2. The summed E-state index contributed by atoms with van der Waals surface area (Å²) in [5.74, 6) is -0.000344. The molecule has 0 unspecified atom stereocenters. The van der Waals surface area contributed by atoms with Gasteiger partial charge in [0.15, 0.2) is 0 Å². The van der Waals surface area contributed by atoms with Crippen molar-refractivity contribution in [3.63, 3.8) is 0 Å². The Kier molecular flexibility index (Phi) is 6.22. The standard InChI is InChI=1S/C20H17ClFN3O2/c21-18-10-16(22)5-8-19(18)27-13-14-3-6-17(7-4-14)25-20(26)24-12-15-2-1-9-23-11-15/h1-11H,12-13H2,(H2,24,25,26). The Bertz CT molecular complexity index is 905. The van der Waals surface area contributed by atoms with Crippen molar-refractivity contribution < 1.29 is 13.9 Å². The fourth-order valence-corrected chi connectivity index (χ4v) is 2.52. The molecule has 0 saturated carbocycles. The van der Waals surface area contributed by atoms with Crippen molar-refractivity contribution in [2.24, 2.45) is 0 Å². The summed E-state index contributed by atoms with van der Waals surface area (Å²) in [5, 5.41) is 5.73. The molecular formula is C20H17ClFN3O2. The van der Waals surface area contributed by atoms with E-state index in [9.17, 15) is 9.18 Å². The van der Waals surface area contributed by atoms with Gasteiger partial charge >= 0.3 is 6.03 Å². The first-order valence-corrected chi connectivity index (χ1v) is 8.58. The van der Waals surface area contributed by atoms with Gasteiger partial charge in [0.2, 0.25) is 0 Å². The first kappa shape index (κ1) is 18.7. The second kappa shape index (κ2) is 9.00. The molecule has 0 spiro atoms. The van der Waals surface area contributed by atoms with Crippen molar-refractivity contribution in [3.8, 4) is 5.75 Å². The molecule has 0 bridgehead atoms. The van der Waals surface area contributed by atoms with Gasteiger partial charge in [-0.3, -0.25) is 4.98 Å². The highest BCUT2D eigenvalue weighted by Gasteiger charge is 2.05. The number of nitrogens with zero attached hydrogens (tertiary/aromatic N) is 1. The molecular weight excluding hydrogens is 369 g/mol. The zero-order valence-electron chi connectivity index (χ0n) is 14.3. The van der Waals surface area contributed by atoms with Crippen molar-refractivity contribution in [1.82, 2.24) is 10.3 Å². The van der Waals surface area contributed by atoms with Crippen LogP contribution >= 0.6 is 11.6 Å². The number of nitrogens with one attached hydrogen (secondary N) is 2. The third kappa shape index (κ3) is 5.69. The number of ether oxygens (including phenoxy) is 1. The minimum Gasteiger partial charge on any atom is -0.487 e. The molecule has 2 N–H and O–H groups in total. The summed E-state index contributed by atoms with van der Waals surface area (Å²) in [7, 11) is 0. The Labute approximate surface area is 161 Å².